The van der Waals surface area contributed by atoms with Gasteiger partial charge in [0, 0.05) is 13.1 Å². The fourth-order valence-electron chi connectivity index (χ4n) is 1.55. The lowest BCUT2D eigenvalue weighted by Crippen LogP contribution is -2.07. The first-order valence-corrected chi connectivity index (χ1v) is 3.75. The number of phenols is 1. The molecule has 0 spiro atoms. The minimum atomic E-state index is 0.374. The molecule has 2 rings (SSSR count). The van der Waals surface area contributed by atoms with Gasteiger partial charge in [-0.1, -0.05) is 6.07 Å². The second kappa shape index (κ2) is 2.24. The summed E-state index contributed by atoms with van der Waals surface area (Å²) in [6.45, 7) is 1.97. The molecule has 0 amide bonds. The summed E-state index contributed by atoms with van der Waals surface area (Å²) >= 11 is 0. The summed E-state index contributed by atoms with van der Waals surface area (Å²) in [6.07, 6.45) is 0. The van der Waals surface area contributed by atoms with Crippen molar-refractivity contribution < 1.29 is 5.11 Å². The van der Waals surface area contributed by atoms with Gasteiger partial charge in [-0.05, 0) is 30.3 Å². The number of phenolic OH excluding ortho intramolecular Hbond substituents is 1. The Morgan fingerprint density at radius 1 is 1.27 bits per heavy atom. The van der Waals surface area contributed by atoms with Crippen molar-refractivity contribution in [1.82, 2.24) is 4.90 Å². The van der Waals surface area contributed by atoms with Crippen LogP contribution in [-0.4, -0.2) is 17.1 Å². The predicted molar refractivity (Wildman–Crippen MR) is 43.3 cm³/mol. The van der Waals surface area contributed by atoms with Crippen LogP contribution in [0.15, 0.2) is 18.2 Å². The third-order valence-electron chi connectivity index (χ3n) is 2.07. The van der Waals surface area contributed by atoms with Gasteiger partial charge in [-0.25, -0.2) is 0 Å². The highest BCUT2D eigenvalue weighted by molar-refractivity contribution is 5.36. The fraction of sp³-hybridized carbons (Fsp3) is 0.333. The van der Waals surface area contributed by atoms with Crippen molar-refractivity contribution in [2.24, 2.45) is 0 Å². The van der Waals surface area contributed by atoms with E-state index in [1.165, 1.54) is 11.1 Å². The Hall–Kier alpha value is -1.02. The average Bonchev–Trinajstić information content (AvgIpc) is 2.27. The molecule has 0 unspecified atom stereocenters. The first kappa shape index (κ1) is 6.68. The van der Waals surface area contributed by atoms with E-state index in [1.54, 1.807) is 6.07 Å². The summed E-state index contributed by atoms with van der Waals surface area (Å²) in [5.41, 5.74) is 2.60. The molecule has 0 aromatic heterocycles. The van der Waals surface area contributed by atoms with Crippen molar-refractivity contribution >= 4 is 0 Å². The van der Waals surface area contributed by atoms with Gasteiger partial charge in [0.15, 0.2) is 0 Å². The number of aromatic hydroxyl groups is 1. The molecule has 0 aliphatic carbocycles. The Balaban J connectivity index is 2.43. The Kier molecular flexibility index (Phi) is 1.36. The molecule has 0 radical (unpaired) electrons. The number of nitrogens with zero attached hydrogens (tertiary/aromatic N) is 1. The van der Waals surface area contributed by atoms with Crippen LogP contribution < -0.4 is 0 Å². The zero-order valence-corrected chi connectivity index (χ0v) is 6.54. The van der Waals surface area contributed by atoms with E-state index in [1.807, 2.05) is 12.1 Å². The van der Waals surface area contributed by atoms with Gasteiger partial charge >= 0.3 is 0 Å². The molecule has 58 valence electrons. The number of hydrogen-bond acceptors (Lipinski definition) is 2. The van der Waals surface area contributed by atoms with Crippen LogP contribution in [0.25, 0.3) is 0 Å². The molecule has 0 bridgehead atoms. The zero-order valence-electron chi connectivity index (χ0n) is 6.54. The summed E-state index contributed by atoms with van der Waals surface area (Å²) < 4.78 is 0. The first-order valence-electron chi connectivity index (χ1n) is 3.75. The topological polar surface area (TPSA) is 23.5 Å². The Morgan fingerprint density at radius 3 is 2.82 bits per heavy atom. The summed E-state index contributed by atoms with van der Waals surface area (Å²) in [4.78, 5) is 2.23. The van der Waals surface area contributed by atoms with Crippen LogP contribution in [-0.2, 0) is 13.1 Å². The molecule has 0 saturated heterocycles. The van der Waals surface area contributed by atoms with E-state index in [-0.39, 0.29) is 0 Å². The van der Waals surface area contributed by atoms with E-state index < -0.39 is 0 Å². The van der Waals surface area contributed by atoms with Gasteiger partial charge in [-0.3, -0.25) is 4.90 Å². The molecule has 1 N–H and O–H groups in total. The van der Waals surface area contributed by atoms with Crippen molar-refractivity contribution in [2.45, 2.75) is 13.1 Å². The highest BCUT2D eigenvalue weighted by atomic mass is 16.3. The van der Waals surface area contributed by atoms with Crippen LogP contribution in [0, 0.1) is 0 Å². The van der Waals surface area contributed by atoms with Gasteiger partial charge in [0.1, 0.15) is 5.75 Å². The van der Waals surface area contributed by atoms with Gasteiger partial charge in [0.25, 0.3) is 0 Å². The fourth-order valence-corrected chi connectivity index (χ4v) is 1.55. The maximum atomic E-state index is 9.16. The zero-order chi connectivity index (χ0) is 7.84. The van der Waals surface area contributed by atoms with Crippen LogP contribution in [0.4, 0.5) is 0 Å². The Morgan fingerprint density at radius 2 is 2.00 bits per heavy atom. The molecule has 1 aromatic rings. The number of rotatable bonds is 0. The van der Waals surface area contributed by atoms with E-state index in [0.717, 1.165) is 13.1 Å². The number of hydrogen-bond donors (Lipinski definition) is 1. The third-order valence-corrected chi connectivity index (χ3v) is 2.07. The molecule has 11 heavy (non-hydrogen) atoms. The van der Waals surface area contributed by atoms with Gasteiger partial charge in [0.2, 0.25) is 0 Å². The maximum absolute atomic E-state index is 9.16. The summed E-state index contributed by atoms with van der Waals surface area (Å²) in [6, 6.07) is 5.59. The smallest absolute Gasteiger partial charge is 0.115 e. The molecule has 2 nitrogen and oxygen atoms in total. The molecule has 1 heterocycles. The molecule has 1 aliphatic heterocycles. The number of benzene rings is 1. The average molecular weight is 149 g/mol. The lowest BCUT2D eigenvalue weighted by atomic mass is 10.1. The SMILES string of the molecule is CN1Cc2ccc(O)cc2C1. The molecule has 1 aliphatic rings. The quantitative estimate of drug-likeness (QED) is 0.601. The van der Waals surface area contributed by atoms with E-state index >= 15 is 0 Å². The lowest BCUT2D eigenvalue weighted by Gasteiger charge is -2.02. The maximum Gasteiger partial charge on any atom is 0.115 e. The summed E-state index contributed by atoms with van der Waals surface area (Å²) in [5.74, 6) is 0.374. The van der Waals surface area contributed by atoms with Crippen LogP contribution in [0.1, 0.15) is 11.1 Å². The molecule has 0 saturated carbocycles. The third kappa shape index (κ3) is 1.10. The normalized spacial score (nSPS) is 16.8. The van der Waals surface area contributed by atoms with Crippen molar-refractivity contribution in [3.63, 3.8) is 0 Å². The minimum Gasteiger partial charge on any atom is -0.508 e. The standard InChI is InChI=1S/C9H11NO/c1-10-5-7-2-3-9(11)4-8(7)6-10/h2-4,11H,5-6H2,1H3. The summed E-state index contributed by atoms with van der Waals surface area (Å²) in [7, 11) is 2.08. The van der Waals surface area contributed by atoms with Gasteiger partial charge in [0.05, 0.1) is 0 Å². The molecule has 2 heteroatoms. The molecule has 1 aromatic carbocycles. The van der Waals surface area contributed by atoms with Crippen molar-refractivity contribution in [1.29, 1.82) is 0 Å². The molecular weight excluding hydrogens is 138 g/mol. The van der Waals surface area contributed by atoms with Crippen LogP contribution in [0.2, 0.25) is 0 Å². The van der Waals surface area contributed by atoms with Gasteiger partial charge in [-0.15, -0.1) is 0 Å². The van der Waals surface area contributed by atoms with Crippen molar-refractivity contribution in [3.05, 3.63) is 29.3 Å². The molecule has 0 fully saturated rings. The number of fused-ring (bicyclic) bond motifs is 1. The molecular formula is C9H11NO. The monoisotopic (exact) mass is 149 g/mol. The largest absolute Gasteiger partial charge is 0.508 e. The lowest BCUT2D eigenvalue weighted by molar-refractivity contribution is 0.353. The first-order chi connectivity index (χ1) is 5.25. The second-order valence-electron chi connectivity index (χ2n) is 3.13. The highest BCUT2D eigenvalue weighted by Crippen LogP contribution is 2.24. The van der Waals surface area contributed by atoms with E-state index in [0.29, 0.717) is 5.75 Å². The predicted octanol–water partition coefficient (Wildman–Crippen LogP) is 1.34. The summed E-state index contributed by atoms with van der Waals surface area (Å²) in [5, 5.41) is 9.16. The van der Waals surface area contributed by atoms with E-state index in [9.17, 15) is 0 Å². The van der Waals surface area contributed by atoms with Crippen LogP contribution in [0.3, 0.4) is 0 Å². The molecule has 0 atom stereocenters. The second-order valence-corrected chi connectivity index (χ2v) is 3.13. The van der Waals surface area contributed by atoms with Crippen molar-refractivity contribution in [2.75, 3.05) is 7.05 Å². The highest BCUT2D eigenvalue weighted by Gasteiger charge is 2.14. The van der Waals surface area contributed by atoms with Gasteiger partial charge in [-0.2, -0.15) is 0 Å². The Bertz CT molecular complexity index is 283. The van der Waals surface area contributed by atoms with Crippen LogP contribution >= 0.6 is 0 Å². The van der Waals surface area contributed by atoms with Crippen molar-refractivity contribution in [3.8, 4) is 5.75 Å². The Labute approximate surface area is 66.1 Å². The van der Waals surface area contributed by atoms with E-state index in [4.69, 9.17) is 5.11 Å². The minimum absolute atomic E-state index is 0.374. The van der Waals surface area contributed by atoms with Gasteiger partial charge < -0.3 is 5.11 Å². The van der Waals surface area contributed by atoms with E-state index in [2.05, 4.69) is 11.9 Å². The van der Waals surface area contributed by atoms with Crippen LogP contribution in [0.5, 0.6) is 5.75 Å².